The summed E-state index contributed by atoms with van der Waals surface area (Å²) in [6.45, 7) is 0.460. The second-order valence-electron chi connectivity index (χ2n) is 5.17. The summed E-state index contributed by atoms with van der Waals surface area (Å²) in [7, 11) is 1.58. The quantitative estimate of drug-likeness (QED) is 0.723. The molecule has 24 heavy (non-hydrogen) atoms. The molecular weight excluding hydrogens is 392 g/mol. The van der Waals surface area contributed by atoms with E-state index in [9.17, 15) is 0 Å². The van der Waals surface area contributed by atoms with Gasteiger partial charge in [0, 0.05) is 0 Å². The minimum atomic E-state index is -0.0933. The zero-order valence-corrected chi connectivity index (χ0v) is 15.1. The van der Waals surface area contributed by atoms with E-state index < -0.39 is 0 Å². The SMILES string of the molecule is COc1nc(C2=NC(c3ccc4ncsc4c3)CON2)ccc1Br. The number of hydrogen-bond donors (Lipinski definition) is 1. The number of aliphatic imine (C=N–C) groups is 1. The van der Waals surface area contributed by atoms with Gasteiger partial charge >= 0.3 is 0 Å². The van der Waals surface area contributed by atoms with Crippen LogP contribution in [0.25, 0.3) is 10.2 Å². The molecule has 0 saturated heterocycles. The number of hydrogen-bond acceptors (Lipinski definition) is 7. The molecule has 1 N–H and O–H groups in total. The topological polar surface area (TPSA) is 68.6 Å². The minimum Gasteiger partial charge on any atom is -0.480 e. The monoisotopic (exact) mass is 404 g/mol. The number of rotatable bonds is 3. The maximum absolute atomic E-state index is 5.52. The molecule has 0 fully saturated rings. The summed E-state index contributed by atoms with van der Waals surface area (Å²) < 4.78 is 7.17. The van der Waals surface area contributed by atoms with Crippen molar-refractivity contribution in [1.82, 2.24) is 15.4 Å². The molecule has 0 amide bonds. The number of methoxy groups -OCH3 is 1. The average Bonchev–Trinajstić information content (AvgIpc) is 3.10. The Hall–Kier alpha value is -2.03. The van der Waals surface area contributed by atoms with E-state index in [-0.39, 0.29) is 6.04 Å². The summed E-state index contributed by atoms with van der Waals surface area (Å²) in [5.74, 6) is 1.09. The van der Waals surface area contributed by atoms with E-state index in [0.29, 0.717) is 24.0 Å². The fraction of sp³-hybridized carbons (Fsp3) is 0.188. The van der Waals surface area contributed by atoms with Crippen LogP contribution in [0.2, 0.25) is 0 Å². The van der Waals surface area contributed by atoms with Crippen molar-refractivity contribution >= 4 is 43.3 Å². The summed E-state index contributed by atoms with van der Waals surface area (Å²) in [5, 5.41) is 0. The van der Waals surface area contributed by atoms with E-state index in [2.05, 4.69) is 37.4 Å². The lowest BCUT2D eigenvalue weighted by Crippen LogP contribution is -2.33. The van der Waals surface area contributed by atoms with Gasteiger partial charge in [0.25, 0.3) is 0 Å². The summed E-state index contributed by atoms with van der Waals surface area (Å²) >= 11 is 5.02. The van der Waals surface area contributed by atoms with Crippen LogP contribution in [0.5, 0.6) is 5.88 Å². The molecule has 0 aliphatic carbocycles. The van der Waals surface area contributed by atoms with Crippen molar-refractivity contribution in [3.63, 3.8) is 0 Å². The Labute approximate surface area is 150 Å². The van der Waals surface area contributed by atoms with Gasteiger partial charge in [0.1, 0.15) is 18.3 Å². The van der Waals surface area contributed by atoms with Crippen molar-refractivity contribution in [2.75, 3.05) is 13.7 Å². The summed E-state index contributed by atoms with van der Waals surface area (Å²) in [5.41, 5.74) is 7.45. The summed E-state index contributed by atoms with van der Waals surface area (Å²) in [6.07, 6.45) is 0. The number of nitrogens with one attached hydrogen (secondary N) is 1. The van der Waals surface area contributed by atoms with E-state index in [1.54, 1.807) is 18.4 Å². The number of hydroxylamine groups is 1. The molecule has 1 aliphatic rings. The molecule has 3 heterocycles. The third kappa shape index (κ3) is 2.88. The Kier molecular flexibility index (Phi) is 4.17. The second kappa shape index (κ2) is 6.46. The van der Waals surface area contributed by atoms with Gasteiger partial charge in [-0.1, -0.05) is 6.07 Å². The molecule has 3 aromatic rings. The number of ether oxygens (including phenoxy) is 1. The Bertz CT molecular complexity index is 927. The van der Waals surface area contributed by atoms with Crippen LogP contribution in [0.1, 0.15) is 17.3 Å². The Balaban J connectivity index is 1.69. The van der Waals surface area contributed by atoms with Gasteiger partial charge in [0.05, 0.1) is 27.3 Å². The fourth-order valence-electron chi connectivity index (χ4n) is 2.48. The minimum absolute atomic E-state index is 0.0933. The Morgan fingerprint density at radius 1 is 1.33 bits per heavy atom. The predicted molar refractivity (Wildman–Crippen MR) is 96.5 cm³/mol. The van der Waals surface area contributed by atoms with Crippen LogP contribution >= 0.6 is 27.3 Å². The van der Waals surface area contributed by atoms with E-state index in [4.69, 9.17) is 14.6 Å². The van der Waals surface area contributed by atoms with E-state index in [0.717, 1.165) is 20.3 Å². The highest BCUT2D eigenvalue weighted by Crippen LogP contribution is 2.27. The summed E-state index contributed by atoms with van der Waals surface area (Å²) in [6, 6.07) is 9.80. The first-order chi connectivity index (χ1) is 11.7. The number of halogens is 1. The number of aromatic nitrogens is 2. The number of amidine groups is 1. The molecule has 4 rings (SSSR count). The van der Waals surface area contributed by atoms with E-state index in [1.807, 2.05) is 29.8 Å². The van der Waals surface area contributed by atoms with Crippen molar-refractivity contribution in [2.45, 2.75) is 6.04 Å². The number of fused-ring (bicyclic) bond motifs is 1. The smallest absolute Gasteiger partial charge is 0.228 e. The van der Waals surface area contributed by atoms with Crippen molar-refractivity contribution in [3.8, 4) is 5.88 Å². The van der Waals surface area contributed by atoms with Crippen LogP contribution < -0.4 is 10.2 Å². The van der Waals surface area contributed by atoms with Gasteiger partial charge in [-0.25, -0.2) is 15.4 Å². The molecule has 0 bridgehead atoms. The van der Waals surface area contributed by atoms with Crippen LogP contribution in [-0.2, 0) is 4.84 Å². The number of thiazole rings is 1. The van der Waals surface area contributed by atoms with Gasteiger partial charge in [0.15, 0.2) is 5.84 Å². The van der Waals surface area contributed by atoms with Gasteiger partial charge in [-0.2, -0.15) is 0 Å². The van der Waals surface area contributed by atoms with Gasteiger partial charge in [-0.3, -0.25) is 9.83 Å². The molecule has 122 valence electrons. The first kappa shape index (κ1) is 15.5. The van der Waals surface area contributed by atoms with Gasteiger partial charge in [-0.05, 0) is 45.8 Å². The van der Waals surface area contributed by atoms with Crippen molar-refractivity contribution < 1.29 is 9.57 Å². The van der Waals surface area contributed by atoms with Gasteiger partial charge in [-0.15, -0.1) is 11.3 Å². The van der Waals surface area contributed by atoms with Crippen LogP contribution in [0.4, 0.5) is 0 Å². The molecule has 6 nitrogen and oxygen atoms in total. The zero-order valence-electron chi connectivity index (χ0n) is 12.7. The van der Waals surface area contributed by atoms with Crippen molar-refractivity contribution in [2.24, 2.45) is 4.99 Å². The van der Waals surface area contributed by atoms with Gasteiger partial charge < -0.3 is 4.74 Å². The molecule has 1 atom stereocenters. The Morgan fingerprint density at radius 3 is 3.12 bits per heavy atom. The van der Waals surface area contributed by atoms with Gasteiger partial charge in [0.2, 0.25) is 5.88 Å². The van der Waals surface area contributed by atoms with E-state index in [1.165, 1.54) is 0 Å². The van der Waals surface area contributed by atoms with Crippen LogP contribution in [0.3, 0.4) is 0 Å². The normalized spacial score (nSPS) is 17.4. The number of nitrogens with zero attached hydrogens (tertiary/aromatic N) is 3. The number of benzene rings is 1. The molecule has 0 radical (unpaired) electrons. The molecule has 0 spiro atoms. The largest absolute Gasteiger partial charge is 0.480 e. The summed E-state index contributed by atoms with van der Waals surface area (Å²) in [4.78, 5) is 19.0. The maximum Gasteiger partial charge on any atom is 0.228 e. The molecule has 1 aromatic carbocycles. The maximum atomic E-state index is 5.52. The molecule has 0 saturated carbocycles. The van der Waals surface area contributed by atoms with Crippen molar-refractivity contribution in [3.05, 3.63) is 51.6 Å². The molecule has 8 heteroatoms. The lowest BCUT2D eigenvalue weighted by Gasteiger charge is -2.22. The average molecular weight is 405 g/mol. The third-order valence-corrected chi connectivity index (χ3v) is 5.08. The highest BCUT2D eigenvalue weighted by Gasteiger charge is 2.20. The molecule has 1 aliphatic heterocycles. The molecule has 1 unspecified atom stereocenters. The standard InChI is InChI=1S/C16H13BrN4O2S/c1-22-16-10(17)3-5-12(20-16)15-19-13(7-23-21-15)9-2-4-11-14(6-9)24-8-18-11/h2-6,8,13H,7H2,1H3,(H,19,21). The van der Waals surface area contributed by atoms with Crippen LogP contribution in [0, 0.1) is 0 Å². The molecule has 2 aromatic heterocycles. The highest BCUT2D eigenvalue weighted by atomic mass is 79.9. The fourth-order valence-corrected chi connectivity index (χ4v) is 3.58. The van der Waals surface area contributed by atoms with E-state index >= 15 is 0 Å². The number of pyridine rings is 1. The third-order valence-electron chi connectivity index (χ3n) is 3.68. The first-order valence-electron chi connectivity index (χ1n) is 7.24. The van der Waals surface area contributed by atoms with Crippen molar-refractivity contribution in [1.29, 1.82) is 0 Å². The van der Waals surface area contributed by atoms with Crippen LogP contribution in [0.15, 0.2) is 45.3 Å². The van der Waals surface area contributed by atoms with Crippen LogP contribution in [-0.4, -0.2) is 29.5 Å². The zero-order chi connectivity index (χ0) is 16.5. The predicted octanol–water partition coefficient (Wildman–Crippen LogP) is 3.49. The first-order valence-corrected chi connectivity index (χ1v) is 8.91. The lowest BCUT2D eigenvalue weighted by molar-refractivity contribution is 0.0621. The second-order valence-corrected chi connectivity index (χ2v) is 6.91. The highest BCUT2D eigenvalue weighted by molar-refractivity contribution is 9.10. The Morgan fingerprint density at radius 2 is 2.25 bits per heavy atom. The lowest BCUT2D eigenvalue weighted by atomic mass is 10.1. The molecular formula is C16H13BrN4O2S.